The fourth-order valence-corrected chi connectivity index (χ4v) is 5.21. The van der Waals surface area contributed by atoms with Crippen LogP contribution < -0.4 is 0 Å². The van der Waals surface area contributed by atoms with Gasteiger partial charge in [0.2, 0.25) is 11.3 Å². The number of rotatable bonds is 1. The Morgan fingerprint density at radius 1 is 1.46 bits per heavy atom. The molecule has 74 valence electrons. The van der Waals surface area contributed by atoms with Crippen LogP contribution >= 0.6 is 59.1 Å². The number of halogens is 3. The highest BCUT2D eigenvalue weighted by Crippen LogP contribution is 2.44. The summed E-state index contributed by atoms with van der Waals surface area (Å²) in [4.78, 5) is 3.87. The number of aromatic nitrogens is 1. The van der Waals surface area contributed by atoms with Gasteiger partial charge < -0.3 is 0 Å². The summed E-state index contributed by atoms with van der Waals surface area (Å²) < 4.78 is 22.3. The fraction of sp³-hybridized carbons (Fsp3) is 0.400. The van der Waals surface area contributed by atoms with Gasteiger partial charge in [-0.05, 0) is 54.7 Å². The molecule has 1 aromatic rings. The zero-order valence-corrected chi connectivity index (χ0v) is 12.7. The molecule has 0 aromatic carbocycles. The largest absolute Gasteiger partial charge is 0.249 e. The zero-order valence-electron chi connectivity index (χ0n) is 6.29. The lowest BCUT2D eigenvalue weighted by atomic mass is 10.8. The zero-order chi connectivity index (χ0) is 10.3. The third-order valence-corrected chi connectivity index (χ3v) is 7.87. The van der Waals surface area contributed by atoms with Crippen LogP contribution in [-0.2, 0) is 9.84 Å². The molecule has 0 unspecified atom stereocenters. The summed E-state index contributed by atoms with van der Waals surface area (Å²) in [6.07, 6.45) is 1.34. The number of nitrogens with zero attached hydrogens (tertiary/aromatic N) is 1. The lowest BCUT2D eigenvalue weighted by Gasteiger charge is -2.10. The standard InChI is InChI=1S/C5H4Br3NO2S2/c1-3-9-2-4(12-3)13(10,11)5(6,7)8/h2H,1H3. The number of thiazole rings is 1. The molecule has 0 saturated heterocycles. The molecule has 0 spiro atoms. The van der Waals surface area contributed by atoms with E-state index in [9.17, 15) is 8.42 Å². The minimum Gasteiger partial charge on any atom is -0.249 e. The third kappa shape index (κ3) is 2.53. The normalized spacial score (nSPS) is 13.2. The molecular formula is C5H4Br3NO2S2. The van der Waals surface area contributed by atoms with E-state index < -0.39 is 11.3 Å². The maximum atomic E-state index is 11.7. The Hall–Kier alpha value is 1.02. The van der Waals surface area contributed by atoms with Crippen molar-refractivity contribution < 1.29 is 8.42 Å². The van der Waals surface area contributed by atoms with Crippen molar-refractivity contribution in [1.29, 1.82) is 0 Å². The molecule has 0 bridgehead atoms. The molecule has 0 amide bonds. The number of sulfone groups is 1. The first-order valence-electron chi connectivity index (χ1n) is 2.99. The molecule has 0 fully saturated rings. The number of alkyl halides is 3. The van der Waals surface area contributed by atoms with Crippen LogP contribution in [0.15, 0.2) is 10.4 Å². The van der Waals surface area contributed by atoms with Gasteiger partial charge in [-0.1, -0.05) is 0 Å². The second kappa shape index (κ2) is 3.88. The summed E-state index contributed by atoms with van der Waals surface area (Å²) in [5.41, 5.74) is 0. The van der Waals surface area contributed by atoms with Crippen LogP contribution in [0.3, 0.4) is 0 Å². The highest BCUT2D eigenvalue weighted by Gasteiger charge is 2.38. The van der Waals surface area contributed by atoms with E-state index in [4.69, 9.17) is 0 Å². The highest BCUT2D eigenvalue weighted by molar-refractivity contribution is 9.42. The Morgan fingerprint density at radius 3 is 2.31 bits per heavy atom. The van der Waals surface area contributed by atoms with Gasteiger partial charge >= 0.3 is 0 Å². The summed E-state index contributed by atoms with van der Waals surface area (Å²) in [6, 6.07) is 0. The SMILES string of the molecule is Cc1ncc(S(=O)(=O)C(Br)(Br)Br)s1. The second-order valence-corrected chi connectivity index (χ2v) is 14.0. The van der Waals surface area contributed by atoms with Crippen LogP contribution in [0.1, 0.15) is 5.01 Å². The number of aryl methyl sites for hydroxylation is 1. The maximum absolute atomic E-state index is 11.7. The van der Waals surface area contributed by atoms with Crippen LogP contribution in [0, 0.1) is 6.92 Å². The van der Waals surface area contributed by atoms with Crippen LogP contribution in [-0.4, -0.2) is 14.9 Å². The molecule has 0 saturated carbocycles. The second-order valence-electron chi connectivity index (χ2n) is 2.15. The molecule has 0 aliphatic carbocycles. The molecule has 0 N–H and O–H groups in total. The Kier molecular flexibility index (Phi) is 3.61. The lowest BCUT2D eigenvalue weighted by Crippen LogP contribution is -2.16. The van der Waals surface area contributed by atoms with Gasteiger partial charge in [-0.15, -0.1) is 11.3 Å². The third-order valence-electron chi connectivity index (χ3n) is 1.17. The number of hydrogen-bond acceptors (Lipinski definition) is 4. The van der Waals surface area contributed by atoms with E-state index in [-0.39, 0.29) is 4.21 Å². The van der Waals surface area contributed by atoms with E-state index in [1.165, 1.54) is 6.20 Å². The minimum absolute atomic E-state index is 0.218. The molecule has 0 aliphatic rings. The van der Waals surface area contributed by atoms with Crippen LogP contribution in [0.4, 0.5) is 0 Å². The van der Waals surface area contributed by atoms with Gasteiger partial charge in [0.15, 0.2) is 0 Å². The van der Waals surface area contributed by atoms with Crippen molar-refractivity contribution in [3.63, 3.8) is 0 Å². The molecule has 1 aromatic heterocycles. The topological polar surface area (TPSA) is 47.0 Å². The monoisotopic (exact) mass is 411 g/mol. The van der Waals surface area contributed by atoms with Gasteiger partial charge in [0.1, 0.15) is 4.21 Å². The predicted octanol–water partition coefficient (Wildman–Crippen LogP) is 3.02. The molecular weight excluding hydrogens is 410 g/mol. The first-order valence-corrected chi connectivity index (χ1v) is 7.67. The van der Waals surface area contributed by atoms with Crippen molar-refractivity contribution in [2.75, 3.05) is 0 Å². The van der Waals surface area contributed by atoms with Crippen LogP contribution in [0.2, 0.25) is 0 Å². The maximum Gasteiger partial charge on any atom is 0.240 e. The summed E-state index contributed by atoms with van der Waals surface area (Å²) in [6.45, 7) is 1.75. The van der Waals surface area contributed by atoms with Crippen LogP contribution in [0.5, 0.6) is 0 Å². The van der Waals surface area contributed by atoms with Crippen molar-refractivity contribution in [1.82, 2.24) is 4.98 Å². The van der Waals surface area contributed by atoms with E-state index in [1.807, 2.05) is 0 Å². The van der Waals surface area contributed by atoms with Crippen molar-refractivity contribution >= 4 is 69.0 Å². The quantitative estimate of drug-likeness (QED) is 0.665. The summed E-state index contributed by atoms with van der Waals surface area (Å²) in [5.74, 6) is 0. The number of hydrogen-bond donors (Lipinski definition) is 0. The molecule has 13 heavy (non-hydrogen) atoms. The molecule has 1 heterocycles. The Labute approximate surface area is 105 Å². The van der Waals surface area contributed by atoms with Gasteiger partial charge in [-0.2, -0.15) is 0 Å². The van der Waals surface area contributed by atoms with Crippen molar-refractivity contribution in [3.8, 4) is 0 Å². The Bertz CT molecular complexity index is 406. The first kappa shape index (κ1) is 12.1. The average Bonchev–Trinajstić information content (AvgIpc) is 2.33. The van der Waals surface area contributed by atoms with E-state index in [2.05, 4.69) is 52.8 Å². The van der Waals surface area contributed by atoms with E-state index >= 15 is 0 Å². The van der Waals surface area contributed by atoms with E-state index in [1.54, 1.807) is 6.92 Å². The molecule has 1 rings (SSSR count). The Morgan fingerprint density at radius 2 is 2.00 bits per heavy atom. The molecule has 0 radical (unpaired) electrons. The van der Waals surface area contributed by atoms with Gasteiger partial charge in [-0.25, -0.2) is 13.4 Å². The van der Waals surface area contributed by atoms with Gasteiger partial charge in [0.25, 0.3) is 0 Å². The van der Waals surface area contributed by atoms with Gasteiger partial charge in [0.05, 0.1) is 11.2 Å². The van der Waals surface area contributed by atoms with Crippen molar-refractivity contribution in [2.24, 2.45) is 0 Å². The van der Waals surface area contributed by atoms with E-state index in [0.717, 1.165) is 16.3 Å². The first-order chi connectivity index (χ1) is 5.75. The predicted molar refractivity (Wildman–Crippen MR) is 63.5 cm³/mol. The molecule has 8 heteroatoms. The van der Waals surface area contributed by atoms with Crippen molar-refractivity contribution in [3.05, 3.63) is 11.2 Å². The molecule has 0 aliphatic heterocycles. The highest BCUT2D eigenvalue weighted by atomic mass is 80.0. The average molecular weight is 414 g/mol. The molecule has 0 atom stereocenters. The minimum atomic E-state index is -3.45. The Balaban J connectivity index is 3.24. The van der Waals surface area contributed by atoms with Crippen molar-refractivity contribution in [2.45, 2.75) is 12.6 Å². The van der Waals surface area contributed by atoms with Crippen LogP contribution in [0.25, 0.3) is 0 Å². The fourth-order valence-electron chi connectivity index (χ4n) is 0.580. The summed E-state index contributed by atoms with van der Waals surface area (Å²) in [7, 11) is -3.45. The van der Waals surface area contributed by atoms with Gasteiger partial charge in [0, 0.05) is 0 Å². The van der Waals surface area contributed by atoms with E-state index in [0.29, 0.717) is 0 Å². The molecule has 3 nitrogen and oxygen atoms in total. The summed E-state index contributed by atoms with van der Waals surface area (Å²) >= 11 is 10.0. The van der Waals surface area contributed by atoms with Gasteiger partial charge in [-0.3, -0.25) is 0 Å². The summed E-state index contributed by atoms with van der Waals surface area (Å²) in [5, 5.41) is 0.718. The lowest BCUT2D eigenvalue weighted by molar-refractivity contribution is 0.600. The smallest absolute Gasteiger partial charge is 0.240 e.